The van der Waals surface area contributed by atoms with Crippen LogP contribution in [0.2, 0.25) is 0 Å². The molecule has 7 heteroatoms. The van der Waals surface area contributed by atoms with Gasteiger partial charge >= 0.3 is 0 Å². The van der Waals surface area contributed by atoms with Gasteiger partial charge in [0, 0.05) is 31.1 Å². The Balaban J connectivity index is 1.95. The summed E-state index contributed by atoms with van der Waals surface area (Å²) >= 11 is 6.00. The van der Waals surface area contributed by atoms with E-state index in [-0.39, 0.29) is 11.6 Å². The van der Waals surface area contributed by atoms with E-state index >= 15 is 0 Å². The van der Waals surface area contributed by atoms with Gasteiger partial charge in [-0.2, -0.15) is 5.10 Å². The summed E-state index contributed by atoms with van der Waals surface area (Å²) in [6, 6.07) is -0.211. The van der Waals surface area contributed by atoms with Crippen molar-refractivity contribution in [2.45, 2.75) is 51.4 Å². The average Bonchev–Trinajstić information content (AvgIpc) is 2.45. The lowest BCUT2D eigenvalue weighted by Gasteiger charge is -2.36. The van der Waals surface area contributed by atoms with Gasteiger partial charge in [0.15, 0.2) is 6.23 Å². The topological polar surface area (TPSA) is 72.2 Å². The Hall–Kier alpha value is -1.11. The molecule has 0 amide bonds. The number of nitrogens with zero attached hydrogens (tertiary/aromatic N) is 3. The van der Waals surface area contributed by atoms with Crippen LogP contribution >= 0.6 is 11.6 Å². The van der Waals surface area contributed by atoms with Crippen molar-refractivity contribution in [3.05, 3.63) is 11.9 Å². The molecule has 124 valence electrons. The van der Waals surface area contributed by atoms with Gasteiger partial charge in [-0.15, -0.1) is 0 Å². The zero-order valence-corrected chi connectivity index (χ0v) is 14.4. The fourth-order valence-electron chi connectivity index (χ4n) is 2.82. The number of aliphatic imine (C=N–C) groups is 1. The van der Waals surface area contributed by atoms with Gasteiger partial charge in [-0.1, -0.05) is 18.5 Å². The van der Waals surface area contributed by atoms with Gasteiger partial charge in [-0.3, -0.25) is 5.01 Å². The number of halogens is 1. The highest BCUT2D eigenvalue weighted by Gasteiger charge is 2.31. The Labute approximate surface area is 137 Å². The van der Waals surface area contributed by atoms with Crippen molar-refractivity contribution in [1.29, 1.82) is 0 Å². The molecule has 0 unspecified atom stereocenters. The van der Waals surface area contributed by atoms with Crippen LogP contribution in [0.1, 0.15) is 33.6 Å². The van der Waals surface area contributed by atoms with Gasteiger partial charge in [-0.25, -0.2) is 4.99 Å². The third-order valence-electron chi connectivity index (χ3n) is 4.25. The standard InChI is InChI=1S/C15H26ClN5O/c1-5-18-15(2,3)10-6-7-13(17-9-10)19-11-8-12(16)20-21(4)14(11)22/h7,9-11,14,18-19,22H,5-6,8H2,1-4H3/t10-,11+,14+/m0/s1. The summed E-state index contributed by atoms with van der Waals surface area (Å²) in [4.78, 5) is 4.51. The lowest BCUT2D eigenvalue weighted by Crippen LogP contribution is -2.51. The zero-order valence-electron chi connectivity index (χ0n) is 13.7. The van der Waals surface area contributed by atoms with Crippen LogP contribution < -0.4 is 10.6 Å². The molecular weight excluding hydrogens is 302 g/mol. The predicted molar refractivity (Wildman–Crippen MR) is 91.0 cm³/mol. The normalized spacial score (nSPS) is 29.2. The number of hydrazone groups is 1. The highest BCUT2D eigenvalue weighted by atomic mass is 35.5. The highest BCUT2D eigenvalue weighted by Crippen LogP contribution is 2.24. The fraction of sp³-hybridized carbons (Fsp3) is 0.733. The van der Waals surface area contributed by atoms with E-state index in [4.69, 9.17) is 11.6 Å². The molecule has 0 spiro atoms. The maximum Gasteiger partial charge on any atom is 0.162 e. The molecular formula is C15H26ClN5O. The maximum atomic E-state index is 10.1. The minimum absolute atomic E-state index is 0.0147. The first-order chi connectivity index (χ1) is 10.3. The van der Waals surface area contributed by atoms with E-state index in [2.05, 4.69) is 47.6 Å². The van der Waals surface area contributed by atoms with Crippen molar-refractivity contribution in [3.63, 3.8) is 0 Å². The van der Waals surface area contributed by atoms with Crippen molar-refractivity contribution in [2.75, 3.05) is 13.6 Å². The average molecular weight is 328 g/mol. The summed E-state index contributed by atoms with van der Waals surface area (Å²) < 4.78 is 0. The molecule has 0 fully saturated rings. The van der Waals surface area contributed by atoms with Crippen LogP contribution in [0, 0.1) is 5.92 Å². The first kappa shape index (κ1) is 17.2. The van der Waals surface area contributed by atoms with Crippen LogP contribution in [0.3, 0.4) is 0 Å². The molecule has 0 saturated heterocycles. The number of hydrogen-bond donors (Lipinski definition) is 3. The molecule has 22 heavy (non-hydrogen) atoms. The molecule has 6 nitrogen and oxygen atoms in total. The summed E-state index contributed by atoms with van der Waals surface area (Å²) in [5.74, 6) is 1.13. The number of aliphatic hydroxyl groups is 1. The summed E-state index contributed by atoms with van der Waals surface area (Å²) in [6.45, 7) is 7.42. The van der Waals surface area contributed by atoms with Crippen LogP contribution in [0.4, 0.5) is 0 Å². The molecule has 0 aliphatic carbocycles. The van der Waals surface area contributed by atoms with Crippen LogP contribution in [0.5, 0.6) is 0 Å². The fourth-order valence-corrected chi connectivity index (χ4v) is 3.11. The van der Waals surface area contributed by atoms with E-state index in [1.165, 1.54) is 5.01 Å². The second-order valence-electron chi connectivity index (χ2n) is 6.38. The highest BCUT2D eigenvalue weighted by molar-refractivity contribution is 6.65. The van der Waals surface area contributed by atoms with E-state index in [0.29, 0.717) is 17.5 Å². The number of nitrogens with one attached hydrogen (secondary N) is 2. The molecule has 0 bridgehead atoms. The molecule has 0 aromatic carbocycles. The van der Waals surface area contributed by atoms with E-state index in [9.17, 15) is 5.11 Å². The van der Waals surface area contributed by atoms with E-state index < -0.39 is 6.23 Å². The lowest BCUT2D eigenvalue weighted by atomic mass is 9.84. The van der Waals surface area contributed by atoms with Gasteiger partial charge in [0.1, 0.15) is 11.0 Å². The first-order valence-corrected chi connectivity index (χ1v) is 8.11. The maximum absolute atomic E-state index is 10.1. The SMILES string of the molecule is CCNC(C)(C)[C@@H]1C=NC(N[C@@H]2CC(Cl)=NN(C)[C@@H]2O)=CC1. The largest absolute Gasteiger partial charge is 0.370 e. The first-order valence-electron chi connectivity index (χ1n) is 7.73. The monoisotopic (exact) mass is 327 g/mol. The van der Waals surface area contributed by atoms with Crippen LogP contribution in [0.15, 0.2) is 22.0 Å². The number of allylic oxidation sites excluding steroid dienone is 1. The summed E-state index contributed by atoms with van der Waals surface area (Å²) in [5.41, 5.74) is 0.0147. The zero-order chi connectivity index (χ0) is 16.3. The minimum atomic E-state index is -0.713. The van der Waals surface area contributed by atoms with Crippen LogP contribution in [-0.2, 0) is 0 Å². The molecule has 0 saturated carbocycles. The Morgan fingerprint density at radius 2 is 2.23 bits per heavy atom. The number of likely N-dealkylation sites (N-methyl/N-ethyl adjacent to an activating group) is 1. The number of hydrogen-bond acceptors (Lipinski definition) is 6. The molecule has 2 heterocycles. The van der Waals surface area contributed by atoms with E-state index in [0.717, 1.165) is 18.8 Å². The van der Waals surface area contributed by atoms with Crippen LogP contribution in [0.25, 0.3) is 0 Å². The third-order valence-corrected chi connectivity index (χ3v) is 4.48. The van der Waals surface area contributed by atoms with Crippen molar-refractivity contribution in [2.24, 2.45) is 16.0 Å². The molecule has 3 N–H and O–H groups in total. The molecule has 0 radical (unpaired) electrons. The van der Waals surface area contributed by atoms with Gasteiger partial charge in [-0.05, 0) is 32.9 Å². The molecule has 2 aliphatic heterocycles. The smallest absolute Gasteiger partial charge is 0.162 e. The van der Waals surface area contributed by atoms with Crippen molar-refractivity contribution in [1.82, 2.24) is 15.6 Å². The molecule has 3 atom stereocenters. The number of aliphatic hydroxyl groups excluding tert-OH is 1. The Morgan fingerprint density at radius 3 is 2.82 bits per heavy atom. The number of rotatable bonds is 5. The lowest BCUT2D eigenvalue weighted by molar-refractivity contribution is -0.00944. The molecule has 2 rings (SSSR count). The Morgan fingerprint density at radius 1 is 1.50 bits per heavy atom. The molecule has 2 aliphatic rings. The van der Waals surface area contributed by atoms with Crippen molar-refractivity contribution in [3.8, 4) is 0 Å². The van der Waals surface area contributed by atoms with Gasteiger partial charge in [0.05, 0.1) is 6.04 Å². The Bertz CT molecular complexity index is 488. The predicted octanol–water partition coefficient (Wildman–Crippen LogP) is 1.47. The van der Waals surface area contributed by atoms with Crippen LogP contribution in [-0.4, -0.2) is 52.9 Å². The molecule has 0 aromatic rings. The van der Waals surface area contributed by atoms with Gasteiger partial charge in [0.2, 0.25) is 0 Å². The summed E-state index contributed by atoms with van der Waals surface area (Å²) in [5, 5.41) is 22.9. The van der Waals surface area contributed by atoms with Crippen molar-refractivity contribution < 1.29 is 5.11 Å². The van der Waals surface area contributed by atoms with Crippen molar-refractivity contribution >= 4 is 23.0 Å². The molecule has 0 aromatic heterocycles. The third kappa shape index (κ3) is 4.00. The quantitative estimate of drug-likeness (QED) is 0.715. The Kier molecular flexibility index (Phi) is 5.47. The minimum Gasteiger partial charge on any atom is -0.370 e. The van der Waals surface area contributed by atoms with Gasteiger partial charge in [0.25, 0.3) is 0 Å². The summed E-state index contributed by atoms with van der Waals surface area (Å²) in [7, 11) is 1.70. The second-order valence-corrected chi connectivity index (χ2v) is 6.82. The van der Waals surface area contributed by atoms with E-state index in [1.54, 1.807) is 7.05 Å². The van der Waals surface area contributed by atoms with E-state index in [1.807, 2.05) is 6.21 Å². The van der Waals surface area contributed by atoms with Gasteiger partial charge < -0.3 is 15.7 Å². The summed E-state index contributed by atoms with van der Waals surface area (Å²) in [6.07, 6.45) is 4.75. The second kappa shape index (κ2) is 6.98.